The van der Waals surface area contributed by atoms with E-state index in [0.717, 1.165) is 18.8 Å². The van der Waals surface area contributed by atoms with Crippen molar-refractivity contribution in [1.82, 2.24) is 0 Å². The number of benzene rings is 1. The van der Waals surface area contributed by atoms with Crippen LogP contribution in [0.2, 0.25) is 5.02 Å². The Kier molecular flexibility index (Phi) is 6.52. The van der Waals surface area contributed by atoms with Gasteiger partial charge in [0.15, 0.2) is 0 Å². The first kappa shape index (κ1) is 16.3. The molecule has 1 aliphatic carbocycles. The zero-order chi connectivity index (χ0) is 15.1. The van der Waals surface area contributed by atoms with Crippen LogP contribution in [0.3, 0.4) is 0 Å². The first-order valence-electron chi connectivity index (χ1n) is 7.79. The molecule has 1 aromatic carbocycles. The summed E-state index contributed by atoms with van der Waals surface area (Å²) in [6.07, 6.45) is 8.04. The lowest BCUT2D eigenvalue weighted by molar-refractivity contribution is -0.126. The normalized spacial score (nSPS) is 17.4. The van der Waals surface area contributed by atoms with E-state index >= 15 is 0 Å². The minimum atomic E-state index is -0.400. The largest absolute Gasteiger partial charge is 0.372 e. The summed E-state index contributed by atoms with van der Waals surface area (Å²) in [5.41, 5.74) is 0.642. The Hall–Kier alpha value is -1.06. The molecule has 0 heterocycles. The number of rotatable bonds is 6. The molecule has 1 aliphatic rings. The molecule has 1 saturated carbocycles. The maximum atomic E-state index is 12.3. The summed E-state index contributed by atoms with van der Waals surface area (Å²) in [6.45, 7) is 0. The van der Waals surface area contributed by atoms with E-state index in [9.17, 15) is 4.79 Å². The highest BCUT2D eigenvalue weighted by atomic mass is 35.5. The molecule has 0 bridgehead atoms. The van der Waals surface area contributed by atoms with Crippen LogP contribution in [0.1, 0.15) is 44.9 Å². The number of carbonyl (C=O) groups is 1. The highest BCUT2D eigenvalue weighted by Crippen LogP contribution is 2.28. The summed E-state index contributed by atoms with van der Waals surface area (Å²) < 4.78 is 5.36. The van der Waals surface area contributed by atoms with Gasteiger partial charge in [-0.05, 0) is 30.9 Å². The van der Waals surface area contributed by atoms with Gasteiger partial charge in [0, 0.05) is 7.11 Å². The zero-order valence-corrected chi connectivity index (χ0v) is 13.4. The average molecular weight is 310 g/mol. The van der Waals surface area contributed by atoms with Gasteiger partial charge in [-0.2, -0.15) is 0 Å². The van der Waals surface area contributed by atoms with Gasteiger partial charge in [-0.3, -0.25) is 4.79 Å². The molecule has 1 fully saturated rings. The Bertz CT molecular complexity index is 458. The van der Waals surface area contributed by atoms with Gasteiger partial charge in [-0.1, -0.05) is 55.8 Å². The molecule has 1 N–H and O–H groups in total. The van der Waals surface area contributed by atoms with E-state index < -0.39 is 6.10 Å². The van der Waals surface area contributed by atoms with Crippen molar-refractivity contribution in [3.8, 4) is 0 Å². The lowest BCUT2D eigenvalue weighted by Gasteiger charge is -2.23. The zero-order valence-electron chi connectivity index (χ0n) is 12.6. The quantitative estimate of drug-likeness (QED) is 0.830. The van der Waals surface area contributed by atoms with Crippen LogP contribution in [0.15, 0.2) is 24.3 Å². The Labute approximate surface area is 132 Å². The number of para-hydroxylation sites is 1. The Morgan fingerprint density at radius 2 is 2.05 bits per heavy atom. The highest BCUT2D eigenvalue weighted by molar-refractivity contribution is 6.33. The highest BCUT2D eigenvalue weighted by Gasteiger charge is 2.21. The van der Waals surface area contributed by atoms with Crippen molar-refractivity contribution in [1.29, 1.82) is 0 Å². The second-order valence-corrected chi connectivity index (χ2v) is 6.18. The molecule has 0 aromatic heterocycles. The summed E-state index contributed by atoms with van der Waals surface area (Å²) in [5, 5.41) is 3.40. The van der Waals surface area contributed by atoms with Crippen molar-refractivity contribution in [3.63, 3.8) is 0 Å². The maximum Gasteiger partial charge on any atom is 0.253 e. The van der Waals surface area contributed by atoms with Crippen LogP contribution in [0.5, 0.6) is 0 Å². The first-order chi connectivity index (χ1) is 10.2. The summed E-state index contributed by atoms with van der Waals surface area (Å²) >= 11 is 6.06. The van der Waals surface area contributed by atoms with E-state index in [1.165, 1.54) is 32.1 Å². The van der Waals surface area contributed by atoms with Gasteiger partial charge in [0.2, 0.25) is 0 Å². The van der Waals surface area contributed by atoms with Crippen molar-refractivity contribution < 1.29 is 9.53 Å². The van der Waals surface area contributed by atoms with Crippen LogP contribution >= 0.6 is 11.6 Å². The van der Waals surface area contributed by atoms with E-state index in [1.807, 2.05) is 12.1 Å². The van der Waals surface area contributed by atoms with E-state index in [0.29, 0.717) is 10.7 Å². The molecular weight excluding hydrogens is 286 g/mol. The van der Waals surface area contributed by atoms with E-state index in [2.05, 4.69) is 5.32 Å². The van der Waals surface area contributed by atoms with Crippen LogP contribution < -0.4 is 5.32 Å². The average Bonchev–Trinajstić information content (AvgIpc) is 2.51. The van der Waals surface area contributed by atoms with Crippen LogP contribution in [-0.4, -0.2) is 19.1 Å². The lowest BCUT2D eigenvalue weighted by atomic mass is 9.85. The smallest absolute Gasteiger partial charge is 0.253 e. The summed E-state index contributed by atoms with van der Waals surface area (Å²) in [5.74, 6) is 0.644. The molecule has 1 unspecified atom stereocenters. The second kappa shape index (κ2) is 8.40. The molecule has 0 aliphatic heterocycles. The first-order valence-corrected chi connectivity index (χ1v) is 8.16. The molecule has 0 spiro atoms. The fourth-order valence-electron chi connectivity index (χ4n) is 2.99. The number of carbonyl (C=O) groups excluding carboxylic acids is 1. The van der Waals surface area contributed by atoms with Gasteiger partial charge in [0.25, 0.3) is 5.91 Å². The third-order valence-corrected chi connectivity index (χ3v) is 4.60. The minimum absolute atomic E-state index is 0.110. The number of methoxy groups -OCH3 is 1. The molecule has 4 heteroatoms. The molecule has 21 heavy (non-hydrogen) atoms. The fourth-order valence-corrected chi connectivity index (χ4v) is 3.18. The maximum absolute atomic E-state index is 12.3. The van der Waals surface area contributed by atoms with Crippen molar-refractivity contribution in [2.45, 2.75) is 51.0 Å². The van der Waals surface area contributed by atoms with Gasteiger partial charge >= 0.3 is 0 Å². The fraction of sp³-hybridized carbons (Fsp3) is 0.588. The molecule has 3 nitrogen and oxygen atoms in total. The van der Waals surface area contributed by atoms with E-state index in [-0.39, 0.29) is 5.91 Å². The van der Waals surface area contributed by atoms with Crippen molar-refractivity contribution in [3.05, 3.63) is 29.3 Å². The standard InChI is InChI=1S/C17H24ClNO2/c1-21-16(12-11-13-7-3-2-4-8-13)17(20)19-15-10-6-5-9-14(15)18/h5-6,9-10,13,16H,2-4,7-8,11-12H2,1H3,(H,19,20). The molecule has 0 radical (unpaired) electrons. The lowest BCUT2D eigenvalue weighted by Crippen LogP contribution is -2.30. The Balaban J connectivity index is 1.84. The summed E-state index contributed by atoms with van der Waals surface area (Å²) in [7, 11) is 1.59. The number of hydrogen-bond acceptors (Lipinski definition) is 2. The summed E-state index contributed by atoms with van der Waals surface area (Å²) in [6, 6.07) is 7.26. The molecule has 1 aromatic rings. The van der Waals surface area contributed by atoms with E-state index in [4.69, 9.17) is 16.3 Å². The molecular formula is C17H24ClNO2. The van der Waals surface area contributed by atoms with Gasteiger partial charge in [0.05, 0.1) is 10.7 Å². The number of ether oxygens (including phenoxy) is 1. The van der Waals surface area contributed by atoms with Gasteiger partial charge in [0.1, 0.15) is 6.10 Å². The molecule has 2 rings (SSSR count). The van der Waals surface area contributed by atoms with Crippen LogP contribution in [-0.2, 0) is 9.53 Å². The predicted octanol–water partition coefficient (Wildman–Crippen LogP) is 4.65. The van der Waals surface area contributed by atoms with Crippen molar-refractivity contribution in [2.24, 2.45) is 5.92 Å². The van der Waals surface area contributed by atoms with Gasteiger partial charge < -0.3 is 10.1 Å². The molecule has 1 atom stereocenters. The summed E-state index contributed by atoms with van der Waals surface area (Å²) in [4.78, 5) is 12.3. The molecule has 0 saturated heterocycles. The Morgan fingerprint density at radius 3 is 2.71 bits per heavy atom. The van der Waals surface area contributed by atoms with Gasteiger partial charge in [-0.15, -0.1) is 0 Å². The number of amides is 1. The van der Waals surface area contributed by atoms with Crippen LogP contribution in [0.4, 0.5) is 5.69 Å². The minimum Gasteiger partial charge on any atom is -0.372 e. The third-order valence-electron chi connectivity index (χ3n) is 4.27. The number of hydrogen-bond donors (Lipinski definition) is 1. The van der Waals surface area contributed by atoms with Gasteiger partial charge in [-0.25, -0.2) is 0 Å². The second-order valence-electron chi connectivity index (χ2n) is 5.77. The molecule has 116 valence electrons. The Morgan fingerprint density at radius 1 is 1.33 bits per heavy atom. The van der Waals surface area contributed by atoms with E-state index in [1.54, 1.807) is 19.2 Å². The SMILES string of the molecule is COC(CCC1CCCCC1)C(=O)Nc1ccccc1Cl. The van der Waals surface area contributed by atoms with Crippen molar-refractivity contribution >= 4 is 23.2 Å². The number of anilines is 1. The number of nitrogens with one attached hydrogen (secondary N) is 1. The van der Waals surface area contributed by atoms with Crippen molar-refractivity contribution in [2.75, 3.05) is 12.4 Å². The topological polar surface area (TPSA) is 38.3 Å². The van der Waals surface area contributed by atoms with Crippen LogP contribution in [0, 0.1) is 5.92 Å². The molecule has 1 amide bonds. The monoisotopic (exact) mass is 309 g/mol. The third kappa shape index (κ3) is 5.01. The van der Waals surface area contributed by atoms with Crippen LogP contribution in [0.25, 0.3) is 0 Å². The predicted molar refractivity (Wildman–Crippen MR) is 86.7 cm³/mol. The number of halogens is 1.